The SMILES string of the molecule is CC(c1cccc(Br)c1)n1cnc2ccc(C(=O)O)cc21. The highest BCUT2D eigenvalue weighted by atomic mass is 79.9. The highest BCUT2D eigenvalue weighted by Gasteiger charge is 2.13. The lowest BCUT2D eigenvalue weighted by Gasteiger charge is -2.15. The third-order valence-corrected chi connectivity index (χ3v) is 4.06. The van der Waals surface area contributed by atoms with Gasteiger partial charge in [-0.05, 0) is 42.8 Å². The van der Waals surface area contributed by atoms with Gasteiger partial charge in [0.15, 0.2) is 0 Å². The molecule has 2 aromatic carbocycles. The van der Waals surface area contributed by atoms with Crippen LogP contribution in [0.3, 0.4) is 0 Å². The van der Waals surface area contributed by atoms with Crippen LogP contribution in [0, 0.1) is 0 Å². The van der Waals surface area contributed by atoms with Crippen molar-refractivity contribution < 1.29 is 9.90 Å². The number of fused-ring (bicyclic) bond motifs is 1. The van der Waals surface area contributed by atoms with E-state index in [1.54, 1.807) is 24.5 Å². The molecule has 0 fully saturated rings. The zero-order valence-electron chi connectivity index (χ0n) is 11.3. The summed E-state index contributed by atoms with van der Waals surface area (Å²) >= 11 is 3.47. The normalized spacial score (nSPS) is 12.5. The Morgan fingerprint density at radius 2 is 2.10 bits per heavy atom. The monoisotopic (exact) mass is 344 g/mol. The maximum absolute atomic E-state index is 11.1. The molecule has 1 aromatic heterocycles. The molecular formula is C16H13BrN2O2. The molecule has 0 radical (unpaired) electrons. The smallest absolute Gasteiger partial charge is 0.335 e. The molecule has 0 aliphatic carbocycles. The van der Waals surface area contributed by atoms with Gasteiger partial charge >= 0.3 is 5.97 Å². The van der Waals surface area contributed by atoms with Gasteiger partial charge in [-0.15, -0.1) is 0 Å². The Bertz CT molecular complexity index is 826. The van der Waals surface area contributed by atoms with E-state index in [4.69, 9.17) is 5.11 Å². The third kappa shape index (κ3) is 2.56. The van der Waals surface area contributed by atoms with Crippen molar-refractivity contribution in [1.82, 2.24) is 9.55 Å². The molecular weight excluding hydrogens is 332 g/mol. The molecule has 0 aliphatic rings. The van der Waals surface area contributed by atoms with Gasteiger partial charge in [0, 0.05) is 4.47 Å². The van der Waals surface area contributed by atoms with Crippen molar-refractivity contribution in [2.45, 2.75) is 13.0 Å². The second-order valence-electron chi connectivity index (χ2n) is 4.89. The number of aromatic nitrogens is 2. The molecule has 1 N–H and O–H groups in total. The molecule has 0 aliphatic heterocycles. The third-order valence-electron chi connectivity index (χ3n) is 3.57. The fourth-order valence-corrected chi connectivity index (χ4v) is 2.81. The molecule has 0 spiro atoms. The van der Waals surface area contributed by atoms with E-state index in [0.29, 0.717) is 0 Å². The zero-order valence-corrected chi connectivity index (χ0v) is 12.9. The maximum Gasteiger partial charge on any atom is 0.335 e. The Hall–Kier alpha value is -2.14. The highest BCUT2D eigenvalue weighted by Crippen LogP contribution is 2.25. The zero-order chi connectivity index (χ0) is 15.0. The number of carboxylic acid groups (broad SMARTS) is 1. The number of carboxylic acids is 1. The fourth-order valence-electron chi connectivity index (χ4n) is 2.39. The summed E-state index contributed by atoms with van der Waals surface area (Å²) in [5, 5.41) is 9.13. The van der Waals surface area contributed by atoms with E-state index < -0.39 is 5.97 Å². The van der Waals surface area contributed by atoms with Gasteiger partial charge in [0.05, 0.1) is 29.0 Å². The number of benzene rings is 2. The van der Waals surface area contributed by atoms with Gasteiger partial charge in [-0.1, -0.05) is 28.1 Å². The van der Waals surface area contributed by atoms with Gasteiger partial charge in [-0.2, -0.15) is 0 Å². The molecule has 5 heteroatoms. The van der Waals surface area contributed by atoms with E-state index in [2.05, 4.69) is 33.9 Å². The minimum Gasteiger partial charge on any atom is -0.478 e. The average Bonchev–Trinajstić information content (AvgIpc) is 2.89. The molecule has 0 saturated carbocycles. The lowest BCUT2D eigenvalue weighted by molar-refractivity contribution is 0.0697. The Labute approximate surface area is 130 Å². The van der Waals surface area contributed by atoms with Gasteiger partial charge in [0.1, 0.15) is 0 Å². The quantitative estimate of drug-likeness (QED) is 0.777. The van der Waals surface area contributed by atoms with E-state index in [1.165, 1.54) is 0 Å². The van der Waals surface area contributed by atoms with Gasteiger partial charge < -0.3 is 9.67 Å². The molecule has 1 atom stereocenters. The van der Waals surface area contributed by atoms with Crippen molar-refractivity contribution in [2.24, 2.45) is 0 Å². The van der Waals surface area contributed by atoms with Crippen molar-refractivity contribution in [1.29, 1.82) is 0 Å². The molecule has 1 unspecified atom stereocenters. The van der Waals surface area contributed by atoms with Crippen LogP contribution in [0.2, 0.25) is 0 Å². The predicted octanol–water partition coefficient (Wildman–Crippen LogP) is 4.11. The van der Waals surface area contributed by atoms with Gasteiger partial charge in [-0.25, -0.2) is 9.78 Å². The first-order chi connectivity index (χ1) is 10.1. The van der Waals surface area contributed by atoms with Gasteiger partial charge in [-0.3, -0.25) is 0 Å². The molecule has 0 saturated heterocycles. The van der Waals surface area contributed by atoms with Crippen molar-refractivity contribution >= 4 is 32.9 Å². The van der Waals surface area contributed by atoms with E-state index in [-0.39, 0.29) is 11.6 Å². The van der Waals surface area contributed by atoms with Crippen LogP contribution in [-0.4, -0.2) is 20.6 Å². The van der Waals surface area contributed by atoms with Crippen LogP contribution in [0.1, 0.15) is 28.9 Å². The van der Waals surface area contributed by atoms with Crippen molar-refractivity contribution in [3.05, 3.63) is 64.4 Å². The first-order valence-corrected chi connectivity index (χ1v) is 7.31. The van der Waals surface area contributed by atoms with Crippen LogP contribution < -0.4 is 0 Å². The second kappa shape index (κ2) is 5.33. The minimum absolute atomic E-state index is 0.0662. The van der Waals surface area contributed by atoms with Crippen LogP contribution in [-0.2, 0) is 0 Å². The lowest BCUT2D eigenvalue weighted by atomic mass is 10.1. The summed E-state index contributed by atoms with van der Waals surface area (Å²) in [5.41, 5.74) is 3.01. The number of carbonyl (C=O) groups is 1. The molecule has 4 nitrogen and oxygen atoms in total. The molecule has 21 heavy (non-hydrogen) atoms. The fraction of sp³-hybridized carbons (Fsp3) is 0.125. The van der Waals surface area contributed by atoms with Crippen molar-refractivity contribution in [3.63, 3.8) is 0 Å². The number of hydrogen-bond donors (Lipinski definition) is 1. The van der Waals surface area contributed by atoms with Crippen LogP contribution in [0.25, 0.3) is 11.0 Å². The number of nitrogens with zero attached hydrogens (tertiary/aromatic N) is 2. The van der Waals surface area contributed by atoms with E-state index in [9.17, 15) is 4.79 Å². The van der Waals surface area contributed by atoms with E-state index in [0.717, 1.165) is 21.1 Å². The summed E-state index contributed by atoms with van der Waals surface area (Å²) in [6.45, 7) is 2.07. The number of hydrogen-bond acceptors (Lipinski definition) is 2. The maximum atomic E-state index is 11.1. The van der Waals surface area contributed by atoms with Crippen LogP contribution >= 0.6 is 15.9 Å². The Morgan fingerprint density at radius 3 is 2.81 bits per heavy atom. The highest BCUT2D eigenvalue weighted by molar-refractivity contribution is 9.10. The number of halogens is 1. The first kappa shape index (κ1) is 13.8. The average molecular weight is 345 g/mol. The summed E-state index contributed by atoms with van der Waals surface area (Å²) in [6, 6.07) is 13.1. The van der Waals surface area contributed by atoms with Crippen LogP contribution in [0.4, 0.5) is 0 Å². The standard InChI is InChI=1S/C16H13BrN2O2/c1-10(11-3-2-4-13(17)7-11)19-9-18-14-6-5-12(16(20)21)8-15(14)19/h2-10H,1H3,(H,20,21). The van der Waals surface area contributed by atoms with Crippen LogP contribution in [0.5, 0.6) is 0 Å². The first-order valence-electron chi connectivity index (χ1n) is 6.51. The van der Waals surface area contributed by atoms with Gasteiger partial charge in [0.2, 0.25) is 0 Å². The summed E-state index contributed by atoms with van der Waals surface area (Å²) in [6.07, 6.45) is 1.75. The number of imidazole rings is 1. The Kier molecular flexibility index (Phi) is 3.51. The Morgan fingerprint density at radius 1 is 1.29 bits per heavy atom. The molecule has 0 amide bonds. The largest absolute Gasteiger partial charge is 0.478 e. The summed E-state index contributed by atoms with van der Waals surface area (Å²) in [4.78, 5) is 15.5. The number of rotatable bonds is 3. The van der Waals surface area contributed by atoms with Crippen molar-refractivity contribution in [3.8, 4) is 0 Å². The van der Waals surface area contributed by atoms with E-state index in [1.807, 2.05) is 22.8 Å². The summed E-state index contributed by atoms with van der Waals surface area (Å²) < 4.78 is 3.01. The molecule has 106 valence electrons. The lowest BCUT2D eigenvalue weighted by Crippen LogP contribution is -2.06. The Balaban J connectivity index is 2.11. The van der Waals surface area contributed by atoms with Crippen LogP contribution in [0.15, 0.2) is 53.3 Å². The van der Waals surface area contributed by atoms with Crippen molar-refractivity contribution in [2.75, 3.05) is 0 Å². The molecule has 1 heterocycles. The molecule has 3 rings (SSSR count). The topological polar surface area (TPSA) is 55.1 Å². The summed E-state index contributed by atoms with van der Waals surface area (Å²) in [7, 11) is 0. The minimum atomic E-state index is -0.931. The number of aromatic carboxylic acids is 1. The molecule has 0 bridgehead atoms. The van der Waals surface area contributed by atoms with E-state index >= 15 is 0 Å². The predicted molar refractivity (Wildman–Crippen MR) is 84.6 cm³/mol. The second-order valence-corrected chi connectivity index (χ2v) is 5.81. The summed E-state index contributed by atoms with van der Waals surface area (Å²) in [5.74, 6) is -0.931. The molecule has 3 aromatic rings. The van der Waals surface area contributed by atoms with Gasteiger partial charge in [0.25, 0.3) is 0 Å².